The molecule has 0 radical (unpaired) electrons. The number of carbonyl (C=O) groups excluding carboxylic acids is 3. The van der Waals surface area contributed by atoms with Crippen molar-refractivity contribution in [3.05, 3.63) is 0 Å². The van der Waals surface area contributed by atoms with Crippen molar-refractivity contribution < 1.29 is 39.3 Å². The molecule has 170 valence electrons. The Bertz CT molecular complexity index is 662. The summed E-state index contributed by atoms with van der Waals surface area (Å²) in [6, 6.07) is -4.84. The zero-order valence-corrected chi connectivity index (χ0v) is 17.4. The third kappa shape index (κ3) is 7.46. The number of aliphatic carboxylic acids is 2. The number of nitrogens with zero attached hydrogens (tertiary/aromatic N) is 1. The molecule has 1 heterocycles. The van der Waals surface area contributed by atoms with Gasteiger partial charge in [-0.15, -0.1) is 0 Å². The van der Waals surface area contributed by atoms with Crippen LogP contribution in [0.15, 0.2) is 0 Å². The highest BCUT2D eigenvalue weighted by atomic mass is 32.2. The highest BCUT2D eigenvalue weighted by Crippen LogP contribution is 2.19. The molecule has 7 N–H and O–H groups in total. The highest BCUT2D eigenvalue weighted by molar-refractivity contribution is 7.98. The zero-order valence-electron chi connectivity index (χ0n) is 16.6. The average molecular weight is 448 g/mol. The van der Waals surface area contributed by atoms with Crippen LogP contribution in [0.1, 0.15) is 25.7 Å². The number of amides is 3. The van der Waals surface area contributed by atoms with Crippen LogP contribution < -0.4 is 16.4 Å². The molecule has 0 bridgehead atoms. The van der Waals surface area contributed by atoms with Gasteiger partial charge in [0, 0.05) is 6.54 Å². The Balaban J connectivity index is 2.80. The molecule has 0 aromatic carbocycles. The number of thioether (sulfide) groups is 1. The summed E-state index contributed by atoms with van der Waals surface area (Å²) in [4.78, 5) is 60.5. The molecule has 0 spiro atoms. The van der Waals surface area contributed by atoms with Crippen LogP contribution in [0, 0.1) is 0 Å². The molecule has 1 aliphatic rings. The first kappa shape index (κ1) is 25.7. The maximum Gasteiger partial charge on any atom is 0.326 e. The van der Waals surface area contributed by atoms with Crippen molar-refractivity contribution in [3.63, 3.8) is 0 Å². The molecular weight excluding hydrogens is 420 g/mol. The number of rotatable bonds is 12. The second-order valence-electron chi connectivity index (χ2n) is 6.82. The molecule has 13 heteroatoms. The van der Waals surface area contributed by atoms with Gasteiger partial charge in [0.1, 0.15) is 18.1 Å². The largest absolute Gasteiger partial charge is 0.481 e. The second-order valence-corrected chi connectivity index (χ2v) is 7.80. The van der Waals surface area contributed by atoms with E-state index in [1.54, 1.807) is 0 Å². The number of likely N-dealkylation sites (tertiary alicyclic amines) is 1. The van der Waals surface area contributed by atoms with Gasteiger partial charge in [-0.3, -0.25) is 19.2 Å². The summed E-state index contributed by atoms with van der Waals surface area (Å²) in [6.07, 6.45) is 2.16. The molecule has 30 heavy (non-hydrogen) atoms. The maximum atomic E-state index is 12.8. The lowest BCUT2D eigenvalue weighted by Gasteiger charge is -2.29. The van der Waals surface area contributed by atoms with E-state index in [1.807, 2.05) is 6.26 Å². The van der Waals surface area contributed by atoms with Gasteiger partial charge in [0.05, 0.1) is 19.1 Å². The Kier molecular flexibility index (Phi) is 10.6. The molecule has 0 aliphatic carbocycles. The van der Waals surface area contributed by atoms with Gasteiger partial charge in [-0.05, 0) is 31.3 Å². The average Bonchev–Trinajstić information content (AvgIpc) is 3.17. The number of carboxylic acids is 2. The first-order chi connectivity index (χ1) is 14.1. The highest BCUT2D eigenvalue weighted by Gasteiger charge is 2.39. The van der Waals surface area contributed by atoms with Crippen LogP contribution in [0.25, 0.3) is 0 Å². The molecule has 4 atom stereocenters. The van der Waals surface area contributed by atoms with Crippen molar-refractivity contribution in [1.29, 1.82) is 0 Å². The van der Waals surface area contributed by atoms with Gasteiger partial charge < -0.3 is 36.6 Å². The second kappa shape index (κ2) is 12.3. The summed E-state index contributed by atoms with van der Waals surface area (Å²) in [5, 5.41) is 32.1. The lowest BCUT2D eigenvalue weighted by molar-refractivity contribution is -0.145. The van der Waals surface area contributed by atoms with Gasteiger partial charge in [-0.1, -0.05) is 0 Å². The lowest BCUT2D eigenvalue weighted by Crippen LogP contribution is -2.58. The van der Waals surface area contributed by atoms with Gasteiger partial charge in [-0.2, -0.15) is 11.8 Å². The van der Waals surface area contributed by atoms with E-state index in [1.165, 1.54) is 16.7 Å². The van der Waals surface area contributed by atoms with E-state index < -0.39 is 66.9 Å². The van der Waals surface area contributed by atoms with E-state index in [-0.39, 0.29) is 13.0 Å². The number of hydrogen-bond donors (Lipinski definition) is 6. The minimum atomic E-state index is -1.41. The van der Waals surface area contributed by atoms with E-state index >= 15 is 0 Å². The quantitative estimate of drug-likeness (QED) is 0.187. The summed E-state index contributed by atoms with van der Waals surface area (Å²) in [7, 11) is 0. The van der Waals surface area contributed by atoms with Crippen molar-refractivity contribution in [2.45, 2.75) is 49.9 Å². The minimum Gasteiger partial charge on any atom is -0.481 e. The van der Waals surface area contributed by atoms with Gasteiger partial charge in [-0.25, -0.2) is 4.79 Å². The van der Waals surface area contributed by atoms with Crippen molar-refractivity contribution in [2.75, 3.05) is 25.2 Å². The van der Waals surface area contributed by atoms with Gasteiger partial charge in [0.15, 0.2) is 0 Å². The van der Waals surface area contributed by atoms with Crippen molar-refractivity contribution in [2.24, 2.45) is 5.73 Å². The Hall–Kier alpha value is -2.38. The van der Waals surface area contributed by atoms with E-state index in [9.17, 15) is 34.2 Å². The molecule has 1 saturated heterocycles. The molecule has 1 aliphatic heterocycles. The predicted octanol–water partition coefficient (Wildman–Crippen LogP) is -2.42. The van der Waals surface area contributed by atoms with Crippen LogP contribution in [0.2, 0.25) is 0 Å². The van der Waals surface area contributed by atoms with Gasteiger partial charge in [0.2, 0.25) is 17.7 Å². The van der Waals surface area contributed by atoms with Crippen molar-refractivity contribution in [1.82, 2.24) is 15.5 Å². The molecular formula is C17H28N4O8S. The Morgan fingerprint density at radius 1 is 1.17 bits per heavy atom. The number of aliphatic hydroxyl groups excluding tert-OH is 1. The Morgan fingerprint density at radius 2 is 1.83 bits per heavy atom. The first-order valence-corrected chi connectivity index (χ1v) is 10.7. The standard InChI is InChI=1S/C17H28N4O8S/c1-30-6-4-10(17(28)29)19-15(26)12-3-2-5-21(12)16(27)11(8-22)20-14(25)9(18)7-13(23)24/h9-12,22H,2-8,18H2,1H3,(H,19,26)(H,20,25)(H,23,24)(H,28,29). The van der Waals surface area contributed by atoms with Crippen LogP contribution in [-0.2, 0) is 24.0 Å². The molecule has 1 rings (SSSR count). The number of nitrogens with two attached hydrogens (primary N) is 1. The topological polar surface area (TPSA) is 199 Å². The first-order valence-electron chi connectivity index (χ1n) is 9.33. The van der Waals surface area contributed by atoms with Crippen molar-refractivity contribution >= 4 is 41.4 Å². The van der Waals surface area contributed by atoms with E-state index in [0.717, 1.165) is 0 Å². The number of carboxylic acid groups (broad SMARTS) is 2. The van der Waals surface area contributed by atoms with E-state index in [0.29, 0.717) is 18.6 Å². The SMILES string of the molecule is CSCCC(NC(=O)C1CCCN1C(=O)C(CO)NC(=O)C(N)CC(=O)O)C(=O)O. The van der Waals surface area contributed by atoms with Crippen molar-refractivity contribution in [3.8, 4) is 0 Å². The normalized spacial score (nSPS) is 18.9. The summed E-state index contributed by atoms with van der Waals surface area (Å²) in [6.45, 7) is -0.590. The Morgan fingerprint density at radius 3 is 2.37 bits per heavy atom. The van der Waals surface area contributed by atoms with Crippen LogP contribution in [0.4, 0.5) is 0 Å². The molecule has 1 fully saturated rings. The Labute approximate surface area is 177 Å². The van der Waals surface area contributed by atoms with Gasteiger partial charge >= 0.3 is 11.9 Å². The third-order valence-corrected chi connectivity index (χ3v) is 5.24. The molecule has 3 amide bonds. The number of aliphatic hydroxyl groups is 1. The summed E-state index contributed by atoms with van der Waals surface area (Å²) >= 11 is 1.44. The van der Waals surface area contributed by atoms with Crippen LogP contribution >= 0.6 is 11.8 Å². The lowest BCUT2D eigenvalue weighted by atomic mass is 10.1. The number of carbonyl (C=O) groups is 5. The number of nitrogens with one attached hydrogen (secondary N) is 2. The predicted molar refractivity (Wildman–Crippen MR) is 107 cm³/mol. The monoisotopic (exact) mass is 448 g/mol. The zero-order chi connectivity index (χ0) is 22.8. The minimum absolute atomic E-state index is 0.188. The number of hydrogen-bond acceptors (Lipinski definition) is 8. The fraction of sp³-hybridized carbons (Fsp3) is 0.706. The molecule has 0 aromatic heterocycles. The summed E-state index contributed by atoms with van der Waals surface area (Å²) < 4.78 is 0. The van der Waals surface area contributed by atoms with E-state index in [2.05, 4.69) is 10.6 Å². The fourth-order valence-electron chi connectivity index (χ4n) is 3.01. The van der Waals surface area contributed by atoms with Crippen LogP contribution in [0.5, 0.6) is 0 Å². The molecule has 12 nitrogen and oxygen atoms in total. The maximum absolute atomic E-state index is 12.8. The molecule has 4 unspecified atom stereocenters. The molecule has 0 aromatic rings. The molecule has 0 saturated carbocycles. The fourth-order valence-corrected chi connectivity index (χ4v) is 3.48. The third-order valence-electron chi connectivity index (χ3n) is 4.59. The summed E-state index contributed by atoms with van der Waals surface area (Å²) in [5.41, 5.74) is 5.45. The summed E-state index contributed by atoms with van der Waals surface area (Å²) in [5.74, 6) is -4.23. The van der Waals surface area contributed by atoms with E-state index in [4.69, 9.17) is 10.8 Å². The smallest absolute Gasteiger partial charge is 0.326 e. The van der Waals surface area contributed by atoms with Crippen LogP contribution in [-0.4, -0.2) is 99.2 Å². The van der Waals surface area contributed by atoms with Crippen LogP contribution in [0.3, 0.4) is 0 Å². The van der Waals surface area contributed by atoms with Gasteiger partial charge in [0.25, 0.3) is 0 Å².